The summed E-state index contributed by atoms with van der Waals surface area (Å²) in [6.07, 6.45) is -7.59. The van der Waals surface area contributed by atoms with Crippen molar-refractivity contribution in [1.82, 2.24) is 0 Å². The Morgan fingerprint density at radius 1 is 1.05 bits per heavy atom. The fourth-order valence-electron chi connectivity index (χ4n) is 1.72. The van der Waals surface area contributed by atoms with E-state index in [1.165, 1.54) is 33.5 Å². The lowest BCUT2D eigenvalue weighted by molar-refractivity contribution is -0.210. The molecule has 0 spiro atoms. The van der Waals surface area contributed by atoms with Gasteiger partial charge in [-0.1, -0.05) is 0 Å². The van der Waals surface area contributed by atoms with Crippen molar-refractivity contribution in [1.29, 1.82) is 0 Å². The molecule has 5 nitrogen and oxygen atoms in total. The molecule has 0 radical (unpaired) electrons. The second kappa shape index (κ2) is 7.58. The zero-order valence-electron chi connectivity index (χ0n) is 11.6. The Morgan fingerprint density at radius 2 is 1.48 bits per heavy atom. The van der Waals surface area contributed by atoms with Crippen LogP contribution in [0.5, 0.6) is 17.2 Å². The molecule has 21 heavy (non-hydrogen) atoms. The molecule has 0 aromatic heterocycles. The Balaban J connectivity index is 0.00000400. The third-order valence-corrected chi connectivity index (χ3v) is 2.76. The highest BCUT2D eigenvalue weighted by Gasteiger charge is 2.44. The number of aliphatic hydroxyl groups excluding tert-OH is 1. The summed E-state index contributed by atoms with van der Waals surface area (Å²) in [6, 6.07) is 0.979. The standard InChI is InChI=1S/C12H16F3NO4.ClH/c1-18-6-4-7(19-2)9(8(5-6)20-3)10(16)11(17)12(13,14)15;/h4-5,10-11,17H,16H2,1-3H3;1H/t10-,11-;/m1./s1. The van der Waals surface area contributed by atoms with Crippen LogP contribution in [-0.2, 0) is 0 Å². The van der Waals surface area contributed by atoms with E-state index in [-0.39, 0.29) is 29.5 Å². The second-order valence-corrected chi connectivity index (χ2v) is 3.96. The predicted molar refractivity (Wildman–Crippen MR) is 72.3 cm³/mol. The van der Waals surface area contributed by atoms with Gasteiger partial charge in [-0.25, -0.2) is 0 Å². The molecular weight excluding hydrogens is 315 g/mol. The van der Waals surface area contributed by atoms with Gasteiger partial charge in [-0.2, -0.15) is 13.2 Å². The van der Waals surface area contributed by atoms with Crippen LogP contribution in [0.2, 0.25) is 0 Å². The van der Waals surface area contributed by atoms with Gasteiger partial charge in [0, 0.05) is 12.1 Å². The van der Waals surface area contributed by atoms with E-state index in [0.29, 0.717) is 5.75 Å². The van der Waals surface area contributed by atoms with Crippen molar-refractivity contribution in [3.63, 3.8) is 0 Å². The summed E-state index contributed by atoms with van der Waals surface area (Å²) in [4.78, 5) is 0. The van der Waals surface area contributed by atoms with Crippen molar-refractivity contribution >= 4 is 12.4 Å². The Hall–Kier alpha value is -1.38. The first-order valence-corrected chi connectivity index (χ1v) is 5.56. The molecule has 3 N–H and O–H groups in total. The van der Waals surface area contributed by atoms with Gasteiger partial charge in [0.25, 0.3) is 0 Å². The number of benzene rings is 1. The van der Waals surface area contributed by atoms with Gasteiger partial charge in [0.2, 0.25) is 0 Å². The van der Waals surface area contributed by atoms with Gasteiger partial charge in [0.1, 0.15) is 17.2 Å². The molecule has 0 fully saturated rings. The van der Waals surface area contributed by atoms with E-state index >= 15 is 0 Å². The lowest BCUT2D eigenvalue weighted by Gasteiger charge is -2.25. The molecule has 0 saturated heterocycles. The molecule has 1 rings (SSSR count). The summed E-state index contributed by atoms with van der Waals surface area (Å²) >= 11 is 0. The van der Waals surface area contributed by atoms with E-state index in [1.807, 2.05) is 0 Å². The Bertz CT molecular complexity index is 445. The first-order chi connectivity index (χ1) is 9.26. The molecule has 0 amide bonds. The zero-order chi connectivity index (χ0) is 15.5. The highest BCUT2D eigenvalue weighted by atomic mass is 35.5. The lowest BCUT2D eigenvalue weighted by Crippen LogP contribution is -2.39. The number of ether oxygens (including phenoxy) is 3. The number of alkyl halides is 3. The highest BCUT2D eigenvalue weighted by molar-refractivity contribution is 5.85. The van der Waals surface area contributed by atoms with Gasteiger partial charge in [0.05, 0.1) is 32.9 Å². The summed E-state index contributed by atoms with van der Waals surface area (Å²) in [5, 5.41) is 9.28. The van der Waals surface area contributed by atoms with Gasteiger partial charge < -0.3 is 25.1 Å². The average Bonchev–Trinajstić information content (AvgIpc) is 2.42. The van der Waals surface area contributed by atoms with Crippen LogP contribution >= 0.6 is 12.4 Å². The topological polar surface area (TPSA) is 73.9 Å². The summed E-state index contributed by atoms with van der Waals surface area (Å²) in [5.41, 5.74) is 5.42. The highest BCUT2D eigenvalue weighted by Crippen LogP contribution is 2.41. The van der Waals surface area contributed by atoms with Crippen LogP contribution in [0, 0.1) is 0 Å². The van der Waals surface area contributed by atoms with Crippen LogP contribution in [0.1, 0.15) is 11.6 Å². The van der Waals surface area contributed by atoms with Crippen LogP contribution in [-0.4, -0.2) is 38.7 Å². The minimum absolute atomic E-state index is 0. The number of rotatable bonds is 5. The largest absolute Gasteiger partial charge is 0.496 e. The van der Waals surface area contributed by atoms with Crippen molar-refractivity contribution in [3.05, 3.63) is 17.7 Å². The quantitative estimate of drug-likeness (QED) is 0.864. The van der Waals surface area contributed by atoms with Gasteiger partial charge in [-0.05, 0) is 0 Å². The number of aliphatic hydroxyl groups is 1. The van der Waals surface area contributed by atoms with E-state index in [2.05, 4.69) is 0 Å². The maximum Gasteiger partial charge on any atom is 0.416 e. The fraction of sp³-hybridized carbons (Fsp3) is 0.500. The van der Waals surface area contributed by atoms with E-state index in [9.17, 15) is 18.3 Å². The van der Waals surface area contributed by atoms with Crippen molar-refractivity contribution in [2.24, 2.45) is 5.73 Å². The maximum atomic E-state index is 12.6. The SMILES string of the molecule is COc1cc(OC)c([C@@H](N)[C@@H](O)C(F)(F)F)c(OC)c1.Cl. The molecule has 0 unspecified atom stereocenters. The van der Waals surface area contributed by atoms with E-state index in [4.69, 9.17) is 19.9 Å². The number of hydrogen-bond acceptors (Lipinski definition) is 5. The normalized spacial score (nSPS) is 13.9. The lowest BCUT2D eigenvalue weighted by atomic mass is 9.99. The van der Waals surface area contributed by atoms with E-state index < -0.39 is 18.3 Å². The van der Waals surface area contributed by atoms with Crippen LogP contribution in [0.3, 0.4) is 0 Å². The summed E-state index contributed by atoms with van der Waals surface area (Å²) < 4.78 is 52.7. The van der Waals surface area contributed by atoms with Gasteiger partial charge >= 0.3 is 6.18 Å². The number of hydrogen-bond donors (Lipinski definition) is 2. The van der Waals surface area contributed by atoms with Crippen LogP contribution in [0.25, 0.3) is 0 Å². The first kappa shape index (κ1) is 19.6. The molecule has 9 heteroatoms. The van der Waals surface area contributed by atoms with Gasteiger partial charge in [0.15, 0.2) is 6.10 Å². The molecule has 1 aromatic rings. The summed E-state index contributed by atoms with van der Waals surface area (Å²) in [5.74, 6) is 0.408. The molecule has 0 bridgehead atoms. The Labute approximate surface area is 126 Å². The molecule has 0 aliphatic rings. The van der Waals surface area contributed by atoms with E-state index in [0.717, 1.165) is 0 Å². The average molecular weight is 332 g/mol. The molecule has 0 saturated carbocycles. The first-order valence-electron chi connectivity index (χ1n) is 5.56. The predicted octanol–water partition coefficient (Wildman–Crippen LogP) is 2.06. The third kappa shape index (κ3) is 4.29. The monoisotopic (exact) mass is 331 g/mol. The Morgan fingerprint density at radius 3 is 1.76 bits per heavy atom. The molecule has 122 valence electrons. The number of halogens is 4. The Kier molecular flexibility index (Phi) is 7.08. The van der Waals surface area contributed by atoms with E-state index in [1.54, 1.807) is 0 Å². The molecule has 1 aromatic carbocycles. The smallest absolute Gasteiger partial charge is 0.416 e. The van der Waals surface area contributed by atoms with Crippen molar-refractivity contribution in [3.8, 4) is 17.2 Å². The molecule has 0 aliphatic heterocycles. The summed E-state index contributed by atoms with van der Waals surface area (Å²) in [7, 11) is 3.92. The van der Waals surface area contributed by atoms with Gasteiger partial charge in [-0.3, -0.25) is 0 Å². The number of nitrogens with two attached hydrogens (primary N) is 1. The van der Waals surface area contributed by atoms with Crippen molar-refractivity contribution < 1.29 is 32.5 Å². The van der Waals surface area contributed by atoms with Crippen LogP contribution in [0.15, 0.2) is 12.1 Å². The maximum absolute atomic E-state index is 12.6. The number of methoxy groups -OCH3 is 3. The molecule has 0 heterocycles. The van der Waals surface area contributed by atoms with Crippen LogP contribution < -0.4 is 19.9 Å². The zero-order valence-corrected chi connectivity index (χ0v) is 12.4. The van der Waals surface area contributed by atoms with Crippen molar-refractivity contribution in [2.45, 2.75) is 18.3 Å². The van der Waals surface area contributed by atoms with Gasteiger partial charge in [-0.15, -0.1) is 12.4 Å². The summed E-state index contributed by atoms with van der Waals surface area (Å²) in [6.45, 7) is 0. The fourth-order valence-corrected chi connectivity index (χ4v) is 1.72. The third-order valence-electron chi connectivity index (χ3n) is 2.76. The minimum Gasteiger partial charge on any atom is -0.496 e. The second-order valence-electron chi connectivity index (χ2n) is 3.96. The molecular formula is C12H17ClF3NO4. The molecule has 2 atom stereocenters. The minimum atomic E-state index is -4.85. The molecule has 0 aliphatic carbocycles. The van der Waals surface area contributed by atoms with Crippen molar-refractivity contribution in [2.75, 3.05) is 21.3 Å². The van der Waals surface area contributed by atoms with Crippen LogP contribution in [0.4, 0.5) is 13.2 Å².